The van der Waals surface area contributed by atoms with E-state index in [0.717, 1.165) is 24.3 Å². The van der Waals surface area contributed by atoms with Gasteiger partial charge in [0.2, 0.25) is 0 Å². The number of aryl methyl sites for hydroxylation is 1. The van der Waals surface area contributed by atoms with Crippen molar-refractivity contribution in [3.8, 4) is 0 Å². The molecule has 2 amide bonds. The molecule has 29 heavy (non-hydrogen) atoms. The number of carbonyl (C=O) groups is 2. The van der Waals surface area contributed by atoms with Gasteiger partial charge in [-0.2, -0.15) is 0 Å². The fourth-order valence-electron chi connectivity index (χ4n) is 3.54. The van der Waals surface area contributed by atoms with Crippen LogP contribution in [0.15, 0.2) is 18.2 Å². The van der Waals surface area contributed by atoms with E-state index in [2.05, 4.69) is 24.1 Å². The minimum Gasteiger partial charge on any atom is -0.383 e. The molecule has 1 aliphatic heterocycles. The molecule has 1 aromatic carbocycles. The quantitative estimate of drug-likeness (QED) is 0.633. The number of rotatable bonds is 8. The van der Waals surface area contributed by atoms with E-state index in [1.807, 2.05) is 19.1 Å². The van der Waals surface area contributed by atoms with Gasteiger partial charge in [0.15, 0.2) is 9.84 Å². The Morgan fingerprint density at radius 3 is 2.45 bits per heavy atom. The maximum absolute atomic E-state index is 12.8. The summed E-state index contributed by atoms with van der Waals surface area (Å²) in [5, 5.41) is 2.67. The average molecular weight is 426 g/mol. The molecule has 0 saturated carbocycles. The number of ether oxygens (including phenoxy) is 1. The maximum Gasteiger partial charge on any atom is 0.313 e. The molecule has 1 N–H and O–H groups in total. The van der Waals surface area contributed by atoms with Crippen molar-refractivity contribution in [3.05, 3.63) is 23.8 Å². The molecular weight excluding hydrogens is 394 g/mol. The van der Waals surface area contributed by atoms with Crippen LogP contribution in [0.25, 0.3) is 0 Å². The first-order valence-corrected chi connectivity index (χ1v) is 11.7. The molecule has 1 saturated heterocycles. The van der Waals surface area contributed by atoms with Gasteiger partial charge in [0, 0.05) is 44.2 Å². The lowest BCUT2D eigenvalue weighted by molar-refractivity contribution is -0.144. The largest absolute Gasteiger partial charge is 0.383 e. The van der Waals surface area contributed by atoms with Gasteiger partial charge in [-0.1, -0.05) is 0 Å². The molecule has 9 heteroatoms. The van der Waals surface area contributed by atoms with E-state index in [1.54, 1.807) is 6.07 Å². The Morgan fingerprint density at radius 1 is 1.24 bits per heavy atom. The highest BCUT2D eigenvalue weighted by atomic mass is 32.2. The minimum atomic E-state index is -3.18. The van der Waals surface area contributed by atoms with Crippen LogP contribution in [0.1, 0.15) is 25.8 Å². The Balaban J connectivity index is 2.13. The van der Waals surface area contributed by atoms with Gasteiger partial charge >= 0.3 is 11.8 Å². The van der Waals surface area contributed by atoms with Crippen LogP contribution in [0.5, 0.6) is 0 Å². The minimum absolute atomic E-state index is 0.0297. The van der Waals surface area contributed by atoms with Gasteiger partial charge in [0.1, 0.15) is 0 Å². The number of anilines is 2. The van der Waals surface area contributed by atoms with Crippen molar-refractivity contribution in [2.75, 3.05) is 55.1 Å². The van der Waals surface area contributed by atoms with Crippen LogP contribution in [0.2, 0.25) is 0 Å². The SMILES string of the molecule is CCN(CC)c1ccc(NC(=O)C(=O)N(CCOC)C2CCS(=O)(=O)C2)c(C)c1. The third-order valence-corrected chi connectivity index (χ3v) is 6.98. The molecule has 0 aromatic heterocycles. The maximum atomic E-state index is 12.8. The highest BCUT2D eigenvalue weighted by molar-refractivity contribution is 7.91. The summed E-state index contributed by atoms with van der Waals surface area (Å²) in [5.41, 5.74) is 2.46. The Labute approximate surface area is 173 Å². The molecule has 2 rings (SSSR count). The van der Waals surface area contributed by atoms with E-state index in [0.29, 0.717) is 12.1 Å². The molecule has 1 aliphatic rings. The van der Waals surface area contributed by atoms with Gasteiger partial charge in [0.25, 0.3) is 0 Å². The first-order chi connectivity index (χ1) is 13.7. The third-order valence-electron chi connectivity index (χ3n) is 5.23. The lowest BCUT2D eigenvalue weighted by atomic mass is 10.1. The summed E-state index contributed by atoms with van der Waals surface area (Å²) in [6.07, 6.45) is 0.336. The van der Waals surface area contributed by atoms with Gasteiger partial charge in [-0.3, -0.25) is 9.59 Å². The van der Waals surface area contributed by atoms with Crippen molar-refractivity contribution in [1.82, 2.24) is 4.90 Å². The van der Waals surface area contributed by atoms with E-state index in [-0.39, 0.29) is 24.7 Å². The van der Waals surface area contributed by atoms with E-state index in [9.17, 15) is 18.0 Å². The molecule has 8 nitrogen and oxygen atoms in total. The summed E-state index contributed by atoms with van der Waals surface area (Å²) < 4.78 is 28.6. The van der Waals surface area contributed by atoms with Crippen LogP contribution in [0.3, 0.4) is 0 Å². The summed E-state index contributed by atoms with van der Waals surface area (Å²) in [6, 6.07) is 5.17. The molecule has 1 atom stereocenters. The summed E-state index contributed by atoms with van der Waals surface area (Å²) in [4.78, 5) is 28.9. The van der Waals surface area contributed by atoms with Crippen LogP contribution in [0, 0.1) is 6.92 Å². The number of nitrogens with zero attached hydrogens (tertiary/aromatic N) is 2. The van der Waals surface area contributed by atoms with Crippen LogP contribution in [0.4, 0.5) is 11.4 Å². The topological polar surface area (TPSA) is 96.0 Å². The number of sulfone groups is 1. The number of benzene rings is 1. The molecule has 0 radical (unpaired) electrons. The number of carbonyl (C=O) groups excluding carboxylic acids is 2. The van der Waals surface area contributed by atoms with E-state index >= 15 is 0 Å². The number of methoxy groups -OCH3 is 1. The van der Waals surface area contributed by atoms with Crippen LogP contribution < -0.4 is 10.2 Å². The highest BCUT2D eigenvalue weighted by Gasteiger charge is 2.36. The van der Waals surface area contributed by atoms with E-state index in [1.165, 1.54) is 12.0 Å². The predicted molar refractivity (Wildman–Crippen MR) is 114 cm³/mol. The van der Waals surface area contributed by atoms with Crippen molar-refractivity contribution < 1.29 is 22.7 Å². The second-order valence-electron chi connectivity index (χ2n) is 7.17. The van der Waals surface area contributed by atoms with Crippen molar-refractivity contribution in [3.63, 3.8) is 0 Å². The van der Waals surface area contributed by atoms with Gasteiger partial charge in [-0.05, 0) is 51.0 Å². The van der Waals surface area contributed by atoms with Crippen molar-refractivity contribution in [1.29, 1.82) is 0 Å². The standard InChI is InChI=1S/C20H31N3O5S/c1-5-22(6-2)16-7-8-18(15(3)13-16)21-19(24)20(25)23(10-11-28-4)17-9-12-29(26,27)14-17/h7-8,13,17H,5-6,9-12,14H2,1-4H3,(H,21,24). The first kappa shape index (κ1) is 23.2. The molecule has 1 heterocycles. The van der Waals surface area contributed by atoms with Crippen molar-refractivity contribution >= 4 is 33.0 Å². The molecule has 0 spiro atoms. The lowest BCUT2D eigenvalue weighted by Gasteiger charge is -2.27. The Bertz CT molecular complexity index is 837. The zero-order valence-corrected chi connectivity index (χ0v) is 18.4. The third kappa shape index (κ3) is 5.93. The van der Waals surface area contributed by atoms with Crippen LogP contribution in [-0.4, -0.2) is 76.0 Å². The van der Waals surface area contributed by atoms with E-state index in [4.69, 9.17) is 4.74 Å². The summed E-state index contributed by atoms with van der Waals surface area (Å²) in [7, 11) is -1.68. The molecular formula is C20H31N3O5S. The number of amides is 2. The summed E-state index contributed by atoms with van der Waals surface area (Å²) in [6.45, 7) is 8.17. The predicted octanol–water partition coefficient (Wildman–Crippen LogP) is 1.44. The zero-order chi connectivity index (χ0) is 21.6. The second-order valence-corrected chi connectivity index (χ2v) is 9.40. The molecule has 0 aliphatic carbocycles. The lowest BCUT2D eigenvalue weighted by Crippen LogP contribution is -2.48. The second kappa shape index (κ2) is 10.1. The number of nitrogens with one attached hydrogen (secondary N) is 1. The zero-order valence-electron chi connectivity index (χ0n) is 17.6. The first-order valence-electron chi connectivity index (χ1n) is 9.89. The van der Waals surface area contributed by atoms with Crippen molar-refractivity contribution in [2.24, 2.45) is 0 Å². The Hall–Kier alpha value is -2.13. The Morgan fingerprint density at radius 2 is 1.93 bits per heavy atom. The average Bonchev–Trinajstić information content (AvgIpc) is 3.04. The smallest absolute Gasteiger partial charge is 0.313 e. The number of hydrogen-bond acceptors (Lipinski definition) is 6. The van der Waals surface area contributed by atoms with Gasteiger partial charge in [-0.25, -0.2) is 8.42 Å². The monoisotopic (exact) mass is 425 g/mol. The summed E-state index contributed by atoms with van der Waals surface area (Å²) >= 11 is 0. The van der Waals surface area contributed by atoms with E-state index < -0.39 is 27.7 Å². The Kier molecular flexibility index (Phi) is 8.04. The molecule has 1 unspecified atom stereocenters. The van der Waals surface area contributed by atoms with Gasteiger partial charge in [-0.15, -0.1) is 0 Å². The molecule has 1 aromatic rings. The number of hydrogen-bond donors (Lipinski definition) is 1. The van der Waals surface area contributed by atoms with Crippen molar-refractivity contribution in [2.45, 2.75) is 33.2 Å². The highest BCUT2D eigenvalue weighted by Crippen LogP contribution is 2.23. The van der Waals surface area contributed by atoms with Crippen LogP contribution >= 0.6 is 0 Å². The summed E-state index contributed by atoms with van der Waals surface area (Å²) in [5.74, 6) is -1.60. The molecule has 0 bridgehead atoms. The fourth-order valence-corrected chi connectivity index (χ4v) is 5.27. The van der Waals surface area contributed by atoms with Gasteiger partial charge in [0.05, 0.1) is 18.1 Å². The normalized spacial score (nSPS) is 17.7. The molecule has 162 valence electrons. The van der Waals surface area contributed by atoms with Gasteiger partial charge < -0.3 is 19.9 Å². The van der Waals surface area contributed by atoms with Crippen LogP contribution in [-0.2, 0) is 24.2 Å². The fraction of sp³-hybridized carbons (Fsp3) is 0.600. The molecule has 1 fully saturated rings.